The van der Waals surface area contributed by atoms with Crippen molar-refractivity contribution in [1.82, 2.24) is 15.2 Å². The second kappa shape index (κ2) is 7.23. The maximum absolute atomic E-state index is 13.1. The number of nitrogens with one attached hydrogen (secondary N) is 1. The number of urea groups is 1. The summed E-state index contributed by atoms with van der Waals surface area (Å²) in [6.45, 7) is 5.07. The van der Waals surface area contributed by atoms with Crippen LogP contribution < -0.4 is 5.32 Å². The first kappa shape index (κ1) is 21.1. The van der Waals surface area contributed by atoms with Gasteiger partial charge in [0.25, 0.3) is 5.91 Å². The van der Waals surface area contributed by atoms with E-state index in [2.05, 4.69) is 10.3 Å². The van der Waals surface area contributed by atoms with Gasteiger partial charge in [0.1, 0.15) is 22.1 Å². The Hall–Kier alpha value is -3.14. The van der Waals surface area contributed by atoms with E-state index in [0.29, 0.717) is 33.3 Å². The molecule has 0 spiro atoms. The van der Waals surface area contributed by atoms with E-state index >= 15 is 0 Å². The molecule has 31 heavy (non-hydrogen) atoms. The minimum Gasteiger partial charge on any atom is -0.466 e. The van der Waals surface area contributed by atoms with E-state index < -0.39 is 29.2 Å². The van der Waals surface area contributed by atoms with Crippen LogP contribution in [0, 0.1) is 13.8 Å². The van der Waals surface area contributed by atoms with E-state index in [1.54, 1.807) is 32.2 Å². The summed E-state index contributed by atoms with van der Waals surface area (Å²) >= 11 is 1.23. The summed E-state index contributed by atoms with van der Waals surface area (Å²) in [5, 5.41) is 4.90. The number of hydrogen-bond donors (Lipinski definition) is 1. The molecule has 0 saturated carbocycles. The van der Waals surface area contributed by atoms with Gasteiger partial charge in [-0.05, 0) is 39.0 Å². The van der Waals surface area contributed by atoms with Crippen molar-refractivity contribution in [3.05, 3.63) is 64.1 Å². The Morgan fingerprint density at radius 1 is 1.19 bits per heavy atom. The van der Waals surface area contributed by atoms with Gasteiger partial charge in [0.15, 0.2) is 0 Å². The Morgan fingerprint density at radius 2 is 1.87 bits per heavy atom. The van der Waals surface area contributed by atoms with Crippen LogP contribution in [0.15, 0.2) is 40.1 Å². The predicted molar refractivity (Wildman–Crippen MR) is 107 cm³/mol. The van der Waals surface area contributed by atoms with Crippen molar-refractivity contribution in [2.24, 2.45) is 0 Å². The van der Waals surface area contributed by atoms with Crippen LogP contribution in [0.5, 0.6) is 0 Å². The van der Waals surface area contributed by atoms with Crippen molar-refractivity contribution in [3.63, 3.8) is 0 Å². The van der Waals surface area contributed by atoms with Crippen LogP contribution in [0.4, 0.5) is 18.0 Å². The van der Waals surface area contributed by atoms with Gasteiger partial charge in [-0.3, -0.25) is 9.69 Å². The smallest absolute Gasteiger partial charge is 0.416 e. The van der Waals surface area contributed by atoms with E-state index in [9.17, 15) is 22.8 Å². The fourth-order valence-electron chi connectivity index (χ4n) is 3.63. The lowest BCUT2D eigenvalue weighted by atomic mass is 9.92. The van der Waals surface area contributed by atoms with Gasteiger partial charge in [-0.25, -0.2) is 9.78 Å². The topological polar surface area (TPSA) is 75.4 Å². The van der Waals surface area contributed by atoms with E-state index in [1.807, 2.05) is 0 Å². The molecule has 3 amide bonds. The number of nitrogens with zero attached hydrogens (tertiary/aromatic N) is 2. The monoisotopic (exact) mass is 449 g/mol. The molecule has 0 aliphatic carbocycles. The molecule has 1 aromatic carbocycles. The van der Waals surface area contributed by atoms with Crippen molar-refractivity contribution in [1.29, 1.82) is 0 Å². The molecule has 0 radical (unpaired) electrons. The van der Waals surface area contributed by atoms with Crippen LogP contribution >= 0.6 is 11.3 Å². The number of carbonyl (C=O) groups excluding carboxylic acids is 2. The number of rotatable bonds is 4. The second-order valence-corrected chi connectivity index (χ2v) is 8.35. The highest BCUT2D eigenvalue weighted by Gasteiger charge is 2.50. The maximum atomic E-state index is 13.1. The molecular weight excluding hydrogens is 431 g/mol. The molecule has 1 N–H and O–H groups in total. The summed E-state index contributed by atoms with van der Waals surface area (Å²) in [4.78, 5) is 31.1. The third kappa shape index (κ3) is 3.71. The number of aromatic nitrogens is 1. The third-order valence-corrected chi connectivity index (χ3v) is 6.13. The van der Waals surface area contributed by atoms with E-state index in [1.165, 1.54) is 23.5 Å². The highest BCUT2D eigenvalue weighted by molar-refractivity contribution is 7.13. The molecule has 10 heteroatoms. The van der Waals surface area contributed by atoms with E-state index in [0.717, 1.165) is 17.0 Å². The van der Waals surface area contributed by atoms with Gasteiger partial charge < -0.3 is 9.73 Å². The highest BCUT2D eigenvalue weighted by Crippen LogP contribution is 2.35. The minimum absolute atomic E-state index is 0.0483. The zero-order valence-electron chi connectivity index (χ0n) is 16.8. The molecule has 1 atom stereocenters. The minimum atomic E-state index is -4.41. The number of furan rings is 1. The summed E-state index contributed by atoms with van der Waals surface area (Å²) in [5.74, 6) is 0.758. The summed E-state index contributed by atoms with van der Waals surface area (Å²) in [6, 6.07) is 5.86. The number of aryl methyl sites for hydroxylation is 2. The summed E-state index contributed by atoms with van der Waals surface area (Å²) in [7, 11) is 0. The van der Waals surface area contributed by atoms with Crippen molar-refractivity contribution in [3.8, 4) is 10.6 Å². The molecule has 3 heterocycles. The molecule has 162 valence electrons. The maximum Gasteiger partial charge on any atom is 0.416 e. The van der Waals surface area contributed by atoms with Crippen LogP contribution in [0.2, 0.25) is 0 Å². The first-order valence-electron chi connectivity index (χ1n) is 9.32. The number of thiazole rings is 1. The summed E-state index contributed by atoms with van der Waals surface area (Å²) in [5.41, 5.74) is -0.403. The predicted octanol–water partition coefficient (Wildman–Crippen LogP) is 5.01. The third-order valence-electron chi connectivity index (χ3n) is 5.19. The molecule has 0 bridgehead atoms. The fraction of sp³-hybridized carbons (Fsp3) is 0.286. The molecule has 6 nitrogen and oxygen atoms in total. The Kier molecular flexibility index (Phi) is 4.92. The quantitative estimate of drug-likeness (QED) is 0.569. The van der Waals surface area contributed by atoms with Crippen LogP contribution in [0.3, 0.4) is 0 Å². The lowest BCUT2D eigenvalue weighted by Gasteiger charge is -2.21. The van der Waals surface area contributed by atoms with Crippen LogP contribution in [-0.4, -0.2) is 21.8 Å². The standard InChI is InChI=1S/C21H18F3N3O3S/c1-11-8-16(12(2)30-11)20(3)18(28)27(19(29)26-20)9-15-10-31-17(25-15)13-4-6-14(7-5-13)21(22,23)24/h4-8,10H,9H2,1-3H3,(H,26,29). The molecule has 2 aromatic heterocycles. The number of halogens is 3. The van der Waals surface area contributed by atoms with Crippen molar-refractivity contribution in [2.45, 2.75) is 39.0 Å². The fourth-order valence-corrected chi connectivity index (χ4v) is 4.44. The highest BCUT2D eigenvalue weighted by atomic mass is 32.1. The van der Waals surface area contributed by atoms with E-state index in [-0.39, 0.29) is 6.54 Å². The molecule has 4 rings (SSSR count). The number of alkyl halides is 3. The normalized spacial score (nSPS) is 19.2. The first-order chi connectivity index (χ1) is 14.5. The Labute approximate surface area is 179 Å². The SMILES string of the molecule is Cc1cc(C2(C)NC(=O)N(Cc3csc(-c4ccc(C(F)(F)F)cc4)n3)C2=O)c(C)o1. The Balaban J connectivity index is 1.54. The van der Waals surface area contributed by atoms with Gasteiger partial charge >= 0.3 is 12.2 Å². The molecule has 3 aromatic rings. The molecule has 1 saturated heterocycles. The Morgan fingerprint density at radius 3 is 2.45 bits per heavy atom. The van der Waals surface area contributed by atoms with Gasteiger partial charge in [-0.1, -0.05) is 12.1 Å². The van der Waals surface area contributed by atoms with Gasteiger partial charge in [0.05, 0.1) is 17.8 Å². The second-order valence-electron chi connectivity index (χ2n) is 7.49. The number of carbonyl (C=O) groups is 2. The van der Waals surface area contributed by atoms with E-state index in [4.69, 9.17) is 4.42 Å². The van der Waals surface area contributed by atoms with Gasteiger partial charge in [0.2, 0.25) is 0 Å². The van der Waals surface area contributed by atoms with Gasteiger partial charge in [0, 0.05) is 16.5 Å². The largest absolute Gasteiger partial charge is 0.466 e. The van der Waals surface area contributed by atoms with Crippen LogP contribution in [0.1, 0.15) is 35.3 Å². The van der Waals surface area contributed by atoms with Crippen molar-refractivity contribution in [2.75, 3.05) is 0 Å². The number of imide groups is 1. The first-order valence-corrected chi connectivity index (χ1v) is 10.2. The zero-order chi connectivity index (χ0) is 22.6. The molecule has 1 unspecified atom stereocenters. The molecule has 1 fully saturated rings. The molecule has 1 aliphatic heterocycles. The summed E-state index contributed by atoms with van der Waals surface area (Å²) < 4.78 is 43.7. The van der Waals surface area contributed by atoms with Gasteiger partial charge in [-0.2, -0.15) is 13.2 Å². The molecular formula is C21H18F3N3O3S. The van der Waals surface area contributed by atoms with Crippen LogP contribution in [-0.2, 0) is 23.1 Å². The average Bonchev–Trinajstić information content (AvgIpc) is 3.35. The van der Waals surface area contributed by atoms with Crippen molar-refractivity contribution >= 4 is 23.3 Å². The van der Waals surface area contributed by atoms with Gasteiger partial charge in [-0.15, -0.1) is 11.3 Å². The summed E-state index contributed by atoms with van der Waals surface area (Å²) in [6.07, 6.45) is -4.41. The molecule has 1 aliphatic rings. The lowest BCUT2D eigenvalue weighted by Crippen LogP contribution is -2.41. The number of benzene rings is 1. The zero-order valence-corrected chi connectivity index (χ0v) is 17.6. The number of hydrogen-bond acceptors (Lipinski definition) is 5. The lowest BCUT2D eigenvalue weighted by molar-refractivity contribution is -0.137. The Bertz CT molecular complexity index is 1170. The average molecular weight is 449 g/mol. The van der Waals surface area contributed by atoms with Crippen molar-refractivity contribution < 1.29 is 27.2 Å². The van der Waals surface area contributed by atoms with Crippen LogP contribution in [0.25, 0.3) is 10.6 Å². The number of amides is 3.